The van der Waals surface area contributed by atoms with Gasteiger partial charge in [-0.15, -0.1) is 3.97 Å². The zero-order valence-electron chi connectivity index (χ0n) is 3.78. The van der Waals surface area contributed by atoms with E-state index in [9.17, 15) is 0 Å². The van der Waals surface area contributed by atoms with E-state index in [4.69, 9.17) is 0 Å². The van der Waals surface area contributed by atoms with Crippen LogP contribution in [0.2, 0.25) is 0 Å². The lowest BCUT2D eigenvalue weighted by Gasteiger charge is -1.74. The number of rotatable bonds is 0. The molecule has 0 unspecified atom stereocenters. The number of nitrogens with zero attached hydrogens (tertiary/aromatic N) is 1. The molecule has 1 rings (SSSR count). The van der Waals surface area contributed by atoms with Gasteiger partial charge in [0, 0.05) is 12.1 Å². The predicted molar refractivity (Wildman–Crippen MR) is 31.0 cm³/mol. The van der Waals surface area contributed by atoms with Gasteiger partial charge in [-0.1, -0.05) is 6.07 Å². The summed E-state index contributed by atoms with van der Waals surface area (Å²) in [5, 5.41) is 0. The molecule has 1 aromatic heterocycles. The third-order valence-corrected chi connectivity index (χ3v) is 0.966. The van der Waals surface area contributed by atoms with Crippen LogP contribution in [0.1, 0.15) is 0 Å². The van der Waals surface area contributed by atoms with Gasteiger partial charge >= 0.3 is 0 Å². The summed E-state index contributed by atoms with van der Waals surface area (Å²) in [6.45, 7) is 0. The van der Waals surface area contributed by atoms with Crippen molar-refractivity contribution in [2.45, 2.75) is 0 Å². The molecule has 0 saturated carbocycles. The minimum Gasteiger partial charge on any atom is -0.137 e. The summed E-state index contributed by atoms with van der Waals surface area (Å²) in [6, 6.07) is 5.80. The highest BCUT2D eigenvalue weighted by atomic mass is 32.1. The lowest BCUT2D eigenvalue weighted by Crippen LogP contribution is -2.16. The van der Waals surface area contributed by atoms with Crippen LogP contribution in [0.25, 0.3) is 0 Å². The molecule has 0 fully saturated rings. The van der Waals surface area contributed by atoms with Crippen molar-refractivity contribution in [2.24, 2.45) is 0 Å². The smallest absolute Gasteiger partial charge is 0.137 e. The van der Waals surface area contributed by atoms with Crippen molar-refractivity contribution < 1.29 is 3.97 Å². The van der Waals surface area contributed by atoms with Gasteiger partial charge in [-0.2, -0.15) is 0 Å². The molecule has 0 aliphatic heterocycles. The zero-order valence-corrected chi connectivity index (χ0v) is 4.68. The van der Waals surface area contributed by atoms with Crippen LogP contribution in [0.15, 0.2) is 30.6 Å². The van der Waals surface area contributed by atoms with Crippen molar-refractivity contribution in [3.63, 3.8) is 0 Å². The quantitative estimate of drug-likeness (QED) is 0.371. The molecule has 0 saturated heterocycles. The van der Waals surface area contributed by atoms with E-state index in [1.54, 1.807) is 3.97 Å². The van der Waals surface area contributed by atoms with Crippen molar-refractivity contribution in [3.05, 3.63) is 30.6 Å². The van der Waals surface area contributed by atoms with Crippen LogP contribution in [0.4, 0.5) is 0 Å². The molecule has 1 aromatic rings. The van der Waals surface area contributed by atoms with Crippen molar-refractivity contribution in [1.29, 1.82) is 0 Å². The van der Waals surface area contributed by atoms with E-state index in [2.05, 4.69) is 12.8 Å². The van der Waals surface area contributed by atoms with Gasteiger partial charge in [-0.05, 0) is 0 Å². The van der Waals surface area contributed by atoms with E-state index in [1.165, 1.54) is 0 Å². The minimum atomic E-state index is 1.69. The second-order valence-corrected chi connectivity index (χ2v) is 1.72. The Morgan fingerprint density at radius 2 is 1.57 bits per heavy atom. The summed E-state index contributed by atoms with van der Waals surface area (Å²) < 4.78 is 1.69. The van der Waals surface area contributed by atoms with E-state index >= 15 is 0 Å². The first-order valence-corrected chi connectivity index (χ1v) is 2.45. The Kier molecular flexibility index (Phi) is 1.32. The van der Waals surface area contributed by atoms with Crippen LogP contribution in [-0.4, -0.2) is 0 Å². The van der Waals surface area contributed by atoms with Crippen LogP contribution in [-0.2, 0) is 0 Å². The summed E-state index contributed by atoms with van der Waals surface area (Å²) in [7, 11) is 0. The van der Waals surface area contributed by atoms with E-state index in [0.717, 1.165) is 0 Å². The molecule has 36 valence electrons. The molecule has 0 spiro atoms. The summed E-state index contributed by atoms with van der Waals surface area (Å²) >= 11 is 4.00. The molecule has 0 N–H and O–H groups in total. The predicted octanol–water partition coefficient (Wildman–Crippen LogP) is 0.667. The first kappa shape index (κ1) is 4.65. The normalized spacial score (nSPS) is 8.71. The van der Waals surface area contributed by atoms with Crippen LogP contribution in [0, 0.1) is 0 Å². The van der Waals surface area contributed by atoms with Gasteiger partial charge in [0.25, 0.3) is 0 Å². The molecular formula is C5H6NS+. The number of thiol groups is 1. The summed E-state index contributed by atoms with van der Waals surface area (Å²) in [4.78, 5) is 0. The second-order valence-electron chi connectivity index (χ2n) is 1.26. The molecule has 0 atom stereocenters. The lowest BCUT2D eigenvalue weighted by molar-refractivity contribution is -0.489. The fourth-order valence-corrected chi connectivity index (χ4v) is 0.544. The topological polar surface area (TPSA) is 3.88 Å². The maximum Gasteiger partial charge on any atom is 0.183 e. The number of aromatic nitrogens is 1. The number of hydrogen-bond donors (Lipinski definition) is 1. The van der Waals surface area contributed by atoms with Crippen molar-refractivity contribution in [3.8, 4) is 0 Å². The lowest BCUT2D eigenvalue weighted by atomic mass is 10.5. The fourth-order valence-electron chi connectivity index (χ4n) is 0.390. The van der Waals surface area contributed by atoms with Gasteiger partial charge in [0.05, 0.1) is 0 Å². The van der Waals surface area contributed by atoms with Gasteiger partial charge < -0.3 is 0 Å². The minimum absolute atomic E-state index is 1.69. The summed E-state index contributed by atoms with van der Waals surface area (Å²) in [5.41, 5.74) is 0. The standard InChI is InChI=1S/C5H6NS/c7-6-4-2-1-3-5-6/h1-5,7H/q+1. The highest BCUT2D eigenvalue weighted by Gasteiger charge is 1.80. The highest BCUT2D eigenvalue weighted by Crippen LogP contribution is 1.75. The van der Waals surface area contributed by atoms with Gasteiger partial charge in [-0.25, -0.2) is 0 Å². The van der Waals surface area contributed by atoms with Gasteiger partial charge in [0.2, 0.25) is 0 Å². The monoisotopic (exact) mass is 112 g/mol. The second kappa shape index (κ2) is 1.98. The molecule has 1 nitrogen and oxygen atoms in total. The highest BCUT2D eigenvalue weighted by molar-refractivity contribution is 7.73. The SMILES string of the molecule is S[n+]1ccccc1. The Hall–Kier alpha value is -0.500. The average molecular weight is 112 g/mol. The maximum atomic E-state index is 4.00. The van der Waals surface area contributed by atoms with Crippen molar-refractivity contribution in [1.82, 2.24) is 0 Å². The molecule has 0 aromatic carbocycles. The van der Waals surface area contributed by atoms with E-state index < -0.39 is 0 Å². The van der Waals surface area contributed by atoms with Crippen LogP contribution in [0.5, 0.6) is 0 Å². The number of hydrogen-bond acceptors (Lipinski definition) is 1. The molecule has 0 bridgehead atoms. The largest absolute Gasteiger partial charge is 0.183 e. The third-order valence-electron chi connectivity index (χ3n) is 0.700. The Morgan fingerprint density at radius 1 is 1.00 bits per heavy atom. The zero-order chi connectivity index (χ0) is 5.11. The first-order valence-electron chi connectivity index (χ1n) is 2.05. The van der Waals surface area contributed by atoms with E-state index in [1.807, 2.05) is 30.6 Å². The van der Waals surface area contributed by atoms with Crippen molar-refractivity contribution in [2.75, 3.05) is 0 Å². The van der Waals surface area contributed by atoms with Gasteiger partial charge in [0.15, 0.2) is 12.4 Å². The Morgan fingerprint density at radius 3 is 1.86 bits per heavy atom. The molecule has 0 aliphatic carbocycles. The van der Waals surface area contributed by atoms with Crippen LogP contribution >= 0.6 is 12.8 Å². The fraction of sp³-hybridized carbons (Fsp3) is 0. The Balaban J connectivity index is 3.02. The number of pyridine rings is 1. The molecule has 0 amide bonds. The summed E-state index contributed by atoms with van der Waals surface area (Å²) in [6.07, 6.45) is 3.73. The Bertz CT molecular complexity index is 138. The maximum absolute atomic E-state index is 4.00. The third kappa shape index (κ3) is 1.20. The average Bonchev–Trinajstić information content (AvgIpc) is 1.69. The Labute approximate surface area is 48.2 Å². The molecule has 7 heavy (non-hydrogen) atoms. The molecule has 0 aliphatic rings. The van der Waals surface area contributed by atoms with Gasteiger partial charge in [-0.3, -0.25) is 0 Å². The molecule has 2 heteroatoms. The summed E-state index contributed by atoms with van der Waals surface area (Å²) in [5.74, 6) is 0. The van der Waals surface area contributed by atoms with E-state index in [-0.39, 0.29) is 0 Å². The van der Waals surface area contributed by atoms with Crippen molar-refractivity contribution >= 4 is 12.8 Å². The molecule has 1 heterocycles. The van der Waals surface area contributed by atoms with Crippen LogP contribution < -0.4 is 3.97 Å². The molecular weight excluding hydrogens is 106 g/mol. The first-order chi connectivity index (χ1) is 3.39. The molecule has 0 radical (unpaired) electrons. The van der Waals surface area contributed by atoms with Gasteiger partial charge in [0.1, 0.15) is 12.8 Å². The van der Waals surface area contributed by atoms with Crippen LogP contribution in [0.3, 0.4) is 0 Å². The van der Waals surface area contributed by atoms with E-state index in [0.29, 0.717) is 0 Å².